The van der Waals surface area contributed by atoms with E-state index in [9.17, 15) is 29.1 Å². The number of esters is 4. The standard InChI is InChI=1S/C37H49NO10/c1-19-26(42)18-25-32(45-21(3)39)29-20(2)27(48-35(44)31(43)30(38(9)10)24-14-12-11-13-15-24)16-17-37(29,8)34(47-23(5)41)33(46-22(4)40)28(19)36(25,6)7/h11-15,25,27,29-34,43H,2,16-18H2,1,3-10H3/t25-,27+,29+,30-,31-,32-,33-,34+,37+/m1/s1. The zero-order chi connectivity index (χ0) is 35.9. The number of allylic oxidation sites excluding steroid dienone is 1. The average Bonchev–Trinajstić information content (AvgIpc) is 2.97. The number of hydrogen-bond donors (Lipinski definition) is 1. The first-order valence-corrected chi connectivity index (χ1v) is 16.4. The van der Waals surface area contributed by atoms with Crippen LogP contribution in [0.15, 0.2) is 53.6 Å². The van der Waals surface area contributed by atoms with Crippen LogP contribution in [-0.4, -0.2) is 84.3 Å². The van der Waals surface area contributed by atoms with Crippen LogP contribution in [0.5, 0.6) is 0 Å². The van der Waals surface area contributed by atoms with Gasteiger partial charge in [0, 0.05) is 44.4 Å². The molecule has 11 nitrogen and oxygen atoms in total. The molecule has 0 heterocycles. The molecule has 3 aliphatic carbocycles. The van der Waals surface area contributed by atoms with E-state index in [2.05, 4.69) is 6.58 Å². The van der Waals surface area contributed by atoms with E-state index < -0.39 is 83.1 Å². The minimum Gasteiger partial charge on any atom is -0.462 e. The van der Waals surface area contributed by atoms with E-state index in [0.717, 1.165) is 5.56 Å². The van der Waals surface area contributed by atoms with E-state index in [1.807, 2.05) is 51.1 Å². The number of nitrogens with zero attached hydrogens (tertiary/aromatic N) is 1. The van der Waals surface area contributed by atoms with Gasteiger partial charge >= 0.3 is 23.9 Å². The quantitative estimate of drug-likeness (QED) is 0.241. The molecule has 0 spiro atoms. The molecule has 0 aromatic heterocycles. The number of aliphatic hydroxyl groups is 1. The molecule has 262 valence electrons. The lowest BCUT2D eigenvalue weighted by molar-refractivity contribution is -0.203. The summed E-state index contributed by atoms with van der Waals surface area (Å²) in [6.45, 7) is 15.5. The molecule has 11 heteroatoms. The number of hydrogen-bond acceptors (Lipinski definition) is 11. The second-order valence-corrected chi connectivity index (χ2v) is 14.4. The van der Waals surface area contributed by atoms with E-state index in [1.165, 1.54) is 20.8 Å². The molecule has 48 heavy (non-hydrogen) atoms. The van der Waals surface area contributed by atoms with Crippen molar-refractivity contribution in [2.24, 2.45) is 22.7 Å². The van der Waals surface area contributed by atoms with Crippen molar-refractivity contribution < 1.29 is 48.0 Å². The first-order valence-electron chi connectivity index (χ1n) is 16.4. The lowest BCUT2D eigenvalue weighted by atomic mass is 9.49. The highest BCUT2D eigenvalue weighted by Gasteiger charge is 2.64. The SMILES string of the molecule is C=C1[C@@H](OC(=O)[C@H](O)[C@@H](c2ccccc2)N(C)C)CC[C@]2(C)[C@@H](OC(C)=O)[C@H](OC(C)=O)C3=C(C)C(=O)C[C@H]([C@@H](OC(C)=O)[C@H]12)C3(C)C. The number of ketones is 1. The highest BCUT2D eigenvalue weighted by atomic mass is 16.6. The van der Waals surface area contributed by atoms with Gasteiger partial charge in [0.05, 0.1) is 6.04 Å². The Bertz CT molecular complexity index is 1500. The summed E-state index contributed by atoms with van der Waals surface area (Å²) in [6, 6.07) is 8.41. The van der Waals surface area contributed by atoms with Crippen LogP contribution in [0.2, 0.25) is 0 Å². The van der Waals surface area contributed by atoms with Crippen molar-refractivity contribution in [3.63, 3.8) is 0 Å². The highest BCUT2D eigenvalue weighted by Crippen LogP contribution is 2.60. The molecule has 0 radical (unpaired) electrons. The number of carbonyl (C=O) groups is 5. The van der Waals surface area contributed by atoms with Crippen LogP contribution in [0.3, 0.4) is 0 Å². The van der Waals surface area contributed by atoms with Gasteiger partial charge in [0.1, 0.15) is 18.3 Å². The molecule has 4 rings (SSSR count). The zero-order valence-corrected chi connectivity index (χ0v) is 29.4. The van der Waals surface area contributed by atoms with Crippen LogP contribution in [0, 0.1) is 22.7 Å². The Morgan fingerprint density at radius 1 is 0.938 bits per heavy atom. The van der Waals surface area contributed by atoms with Crippen molar-refractivity contribution in [2.45, 2.75) is 104 Å². The Hall–Kier alpha value is -3.83. The van der Waals surface area contributed by atoms with E-state index in [4.69, 9.17) is 18.9 Å². The highest BCUT2D eigenvalue weighted by molar-refractivity contribution is 5.97. The molecule has 1 aromatic rings. The van der Waals surface area contributed by atoms with Crippen molar-refractivity contribution >= 4 is 29.7 Å². The van der Waals surface area contributed by atoms with Crippen molar-refractivity contribution in [3.8, 4) is 0 Å². The van der Waals surface area contributed by atoms with Gasteiger partial charge in [0.15, 0.2) is 18.0 Å². The van der Waals surface area contributed by atoms with E-state index in [1.54, 1.807) is 25.9 Å². The fraction of sp³-hybridized carbons (Fsp3) is 0.595. The molecule has 0 aliphatic heterocycles. The maximum Gasteiger partial charge on any atom is 0.337 e. The largest absolute Gasteiger partial charge is 0.462 e. The number of likely N-dealkylation sites (N-methyl/N-ethyl adjacent to an activating group) is 1. The summed E-state index contributed by atoms with van der Waals surface area (Å²) in [7, 11) is 3.51. The number of ether oxygens (including phenoxy) is 4. The first kappa shape index (κ1) is 37.0. The maximum absolute atomic E-state index is 13.6. The molecule has 2 saturated carbocycles. The number of fused-ring (bicyclic) bond motifs is 3. The number of Topliss-reactive ketones (excluding diaryl/α,β-unsaturated/α-hetero) is 1. The third-order valence-corrected chi connectivity index (χ3v) is 10.6. The van der Waals surface area contributed by atoms with Crippen molar-refractivity contribution in [2.75, 3.05) is 14.1 Å². The summed E-state index contributed by atoms with van der Waals surface area (Å²) < 4.78 is 24.2. The molecular formula is C37H49NO10. The fourth-order valence-electron chi connectivity index (χ4n) is 8.49. The monoisotopic (exact) mass is 667 g/mol. The smallest absolute Gasteiger partial charge is 0.337 e. The average molecular weight is 668 g/mol. The Balaban J connectivity index is 1.85. The summed E-state index contributed by atoms with van der Waals surface area (Å²) in [5.41, 5.74) is 0.0792. The number of aliphatic hydroxyl groups excluding tert-OH is 1. The molecule has 2 bridgehead atoms. The zero-order valence-electron chi connectivity index (χ0n) is 29.4. The Morgan fingerprint density at radius 3 is 2.06 bits per heavy atom. The van der Waals surface area contributed by atoms with Gasteiger partial charge in [0.25, 0.3) is 0 Å². The van der Waals surface area contributed by atoms with Gasteiger partial charge in [0.2, 0.25) is 0 Å². The van der Waals surface area contributed by atoms with Crippen LogP contribution in [-0.2, 0) is 42.9 Å². The predicted octanol–water partition coefficient (Wildman–Crippen LogP) is 4.27. The van der Waals surface area contributed by atoms with Gasteiger partial charge in [-0.15, -0.1) is 0 Å². The van der Waals surface area contributed by atoms with Crippen LogP contribution in [0.4, 0.5) is 0 Å². The lowest BCUT2D eigenvalue weighted by Gasteiger charge is -2.59. The van der Waals surface area contributed by atoms with Gasteiger partial charge in [-0.05, 0) is 61.6 Å². The van der Waals surface area contributed by atoms with E-state index >= 15 is 0 Å². The molecule has 1 N–H and O–H groups in total. The Labute approximate surface area is 282 Å². The predicted molar refractivity (Wildman–Crippen MR) is 175 cm³/mol. The molecule has 1 aromatic carbocycles. The van der Waals surface area contributed by atoms with E-state index in [-0.39, 0.29) is 25.0 Å². The fourth-order valence-corrected chi connectivity index (χ4v) is 8.49. The van der Waals surface area contributed by atoms with Crippen LogP contribution in [0.1, 0.15) is 79.3 Å². The molecule has 0 saturated heterocycles. The van der Waals surface area contributed by atoms with Crippen molar-refractivity contribution in [1.29, 1.82) is 0 Å². The van der Waals surface area contributed by atoms with E-state index in [0.29, 0.717) is 16.7 Å². The molecule has 3 aliphatic rings. The number of carbonyl (C=O) groups excluding carboxylic acids is 5. The summed E-state index contributed by atoms with van der Waals surface area (Å²) in [6.07, 6.45) is -5.12. The molecule has 9 atom stereocenters. The molecular weight excluding hydrogens is 618 g/mol. The third-order valence-electron chi connectivity index (χ3n) is 10.6. The molecule has 2 fully saturated rings. The number of rotatable bonds is 8. The second-order valence-electron chi connectivity index (χ2n) is 14.4. The Morgan fingerprint density at radius 2 is 1.52 bits per heavy atom. The van der Waals surface area contributed by atoms with Crippen LogP contribution >= 0.6 is 0 Å². The summed E-state index contributed by atoms with van der Waals surface area (Å²) in [5.74, 6) is -4.32. The van der Waals surface area contributed by atoms with Gasteiger partial charge in [-0.2, -0.15) is 0 Å². The third kappa shape index (κ3) is 6.85. The normalized spacial score (nSPS) is 31.1. The molecule has 0 unspecified atom stereocenters. The first-order chi connectivity index (χ1) is 22.3. The summed E-state index contributed by atoms with van der Waals surface area (Å²) in [5, 5.41) is 11.3. The molecule has 0 amide bonds. The lowest BCUT2D eigenvalue weighted by Crippen LogP contribution is -2.64. The second kappa shape index (κ2) is 14.0. The van der Waals surface area contributed by atoms with Gasteiger partial charge in [-0.3, -0.25) is 24.1 Å². The Kier molecular flexibility index (Phi) is 10.8. The minimum absolute atomic E-state index is 0.0376. The van der Waals surface area contributed by atoms with Gasteiger partial charge in [-0.25, -0.2) is 4.79 Å². The topological polar surface area (TPSA) is 146 Å². The summed E-state index contributed by atoms with van der Waals surface area (Å²) in [4.78, 5) is 67.2. The van der Waals surface area contributed by atoms with Crippen LogP contribution in [0.25, 0.3) is 0 Å². The number of benzene rings is 1. The minimum atomic E-state index is -1.54. The van der Waals surface area contributed by atoms with Gasteiger partial charge in [-0.1, -0.05) is 57.7 Å². The van der Waals surface area contributed by atoms with Crippen molar-refractivity contribution in [1.82, 2.24) is 4.90 Å². The van der Waals surface area contributed by atoms with Crippen LogP contribution < -0.4 is 0 Å². The van der Waals surface area contributed by atoms with Gasteiger partial charge < -0.3 is 24.1 Å². The van der Waals surface area contributed by atoms with Crippen molar-refractivity contribution in [3.05, 3.63) is 59.2 Å². The maximum atomic E-state index is 13.6. The summed E-state index contributed by atoms with van der Waals surface area (Å²) >= 11 is 0.